The Kier molecular flexibility index (Phi) is 3.64. The van der Waals surface area contributed by atoms with Crippen molar-refractivity contribution >= 4 is 11.7 Å². The second-order valence-corrected chi connectivity index (χ2v) is 5.34. The van der Waals surface area contributed by atoms with Gasteiger partial charge < -0.3 is 14.7 Å². The van der Waals surface area contributed by atoms with Crippen LogP contribution in [-0.4, -0.2) is 36.3 Å². The lowest BCUT2D eigenvalue weighted by Gasteiger charge is -2.29. The van der Waals surface area contributed by atoms with Crippen LogP contribution >= 0.6 is 0 Å². The van der Waals surface area contributed by atoms with Crippen molar-refractivity contribution in [2.75, 3.05) is 25.1 Å². The third-order valence-electron chi connectivity index (χ3n) is 4.12. The maximum atomic E-state index is 11.6. The summed E-state index contributed by atoms with van der Waals surface area (Å²) in [4.78, 5) is 17.8. The van der Waals surface area contributed by atoms with Crippen molar-refractivity contribution in [2.45, 2.75) is 20.3 Å². The molecule has 0 bridgehead atoms. The minimum Gasteiger partial charge on any atom is -0.481 e. The zero-order chi connectivity index (χ0) is 14.0. The molecular weight excluding hydrogens is 244 g/mol. The van der Waals surface area contributed by atoms with Crippen LogP contribution in [0.4, 0.5) is 5.69 Å². The van der Waals surface area contributed by atoms with Crippen molar-refractivity contribution in [3.8, 4) is 5.88 Å². The largest absolute Gasteiger partial charge is 0.481 e. The normalized spacial score (nSPS) is 22.8. The molecule has 1 atom stereocenters. The van der Waals surface area contributed by atoms with Crippen molar-refractivity contribution < 1.29 is 14.6 Å². The first-order chi connectivity index (χ1) is 8.99. The van der Waals surface area contributed by atoms with Crippen LogP contribution in [0, 0.1) is 11.3 Å². The van der Waals surface area contributed by atoms with Gasteiger partial charge in [0.25, 0.3) is 0 Å². The molecule has 1 aliphatic rings. The fraction of sp³-hybridized carbons (Fsp3) is 0.571. The Labute approximate surface area is 113 Å². The van der Waals surface area contributed by atoms with Crippen LogP contribution < -0.4 is 9.64 Å². The monoisotopic (exact) mass is 264 g/mol. The van der Waals surface area contributed by atoms with Crippen LogP contribution in [0.5, 0.6) is 5.88 Å². The highest BCUT2D eigenvalue weighted by atomic mass is 16.5. The number of aliphatic carboxylic acids is 1. The Bertz CT molecular complexity index is 476. The van der Waals surface area contributed by atoms with Gasteiger partial charge in [-0.25, -0.2) is 4.98 Å². The first-order valence-electron chi connectivity index (χ1n) is 6.48. The summed E-state index contributed by atoms with van der Waals surface area (Å²) >= 11 is 0. The highest BCUT2D eigenvalue weighted by Crippen LogP contribution is 2.40. The number of carboxylic acid groups (broad SMARTS) is 1. The number of carbonyl (C=O) groups is 1. The van der Waals surface area contributed by atoms with E-state index in [1.165, 1.54) is 0 Å². The summed E-state index contributed by atoms with van der Waals surface area (Å²) in [6.07, 6.45) is 2.36. The first-order valence-corrected chi connectivity index (χ1v) is 6.48. The lowest BCUT2D eigenvalue weighted by Crippen LogP contribution is -2.39. The van der Waals surface area contributed by atoms with Gasteiger partial charge in [0.05, 0.1) is 12.5 Å². The molecule has 2 rings (SSSR count). The van der Waals surface area contributed by atoms with Gasteiger partial charge in [0.2, 0.25) is 5.88 Å². The van der Waals surface area contributed by atoms with E-state index in [4.69, 9.17) is 4.74 Å². The number of rotatable bonds is 4. The van der Waals surface area contributed by atoms with Crippen molar-refractivity contribution in [2.24, 2.45) is 11.3 Å². The number of ether oxygens (including phenoxy) is 1. The van der Waals surface area contributed by atoms with Gasteiger partial charge in [-0.05, 0) is 18.4 Å². The number of anilines is 1. The van der Waals surface area contributed by atoms with E-state index in [1.807, 2.05) is 26.0 Å². The average Bonchev–Trinajstić information content (AvgIpc) is 2.85. The van der Waals surface area contributed by atoms with Gasteiger partial charge in [0.1, 0.15) is 0 Å². The molecule has 0 saturated carbocycles. The van der Waals surface area contributed by atoms with E-state index in [0.717, 1.165) is 12.2 Å². The Morgan fingerprint density at radius 2 is 2.32 bits per heavy atom. The van der Waals surface area contributed by atoms with E-state index in [2.05, 4.69) is 9.88 Å². The molecule has 1 aromatic heterocycles. The predicted octanol–water partition coefficient (Wildman–Crippen LogP) is 2.03. The summed E-state index contributed by atoms with van der Waals surface area (Å²) in [5, 5.41) is 9.54. The second kappa shape index (κ2) is 5.07. The first kappa shape index (κ1) is 13.6. The SMILES string of the molecule is COc1cc(N2CCC(C(=O)O)(C(C)C)C2)ccn1. The van der Waals surface area contributed by atoms with E-state index >= 15 is 0 Å². The highest BCUT2D eigenvalue weighted by molar-refractivity contribution is 5.77. The van der Waals surface area contributed by atoms with Crippen LogP contribution in [0.1, 0.15) is 20.3 Å². The maximum Gasteiger partial charge on any atom is 0.311 e. The summed E-state index contributed by atoms with van der Waals surface area (Å²) in [7, 11) is 1.58. The number of methoxy groups -OCH3 is 1. The zero-order valence-corrected chi connectivity index (χ0v) is 11.6. The standard InChI is InChI=1S/C14H20N2O3/c1-10(2)14(13(17)18)5-7-16(9-14)11-4-6-15-12(8-11)19-3/h4,6,8,10H,5,7,9H2,1-3H3,(H,17,18). The molecule has 0 spiro atoms. The fourth-order valence-corrected chi connectivity index (χ4v) is 2.65. The number of pyridine rings is 1. The lowest BCUT2D eigenvalue weighted by atomic mass is 9.76. The minimum atomic E-state index is -0.703. The lowest BCUT2D eigenvalue weighted by molar-refractivity contribution is -0.150. The van der Waals surface area contributed by atoms with Crippen LogP contribution in [-0.2, 0) is 4.79 Å². The van der Waals surface area contributed by atoms with Gasteiger partial charge in [0.15, 0.2) is 0 Å². The maximum absolute atomic E-state index is 11.6. The minimum absolute atomic E-state index is 0.110. The van der Waals surface area contributed by atoms with Gasteiger partial charge in [-0.2, -0.15) is 0 Å². The van der Waals surface area contributed by atoms with Crippen molar-refractivity contribution in [3.05, 3.63) is 18.3 Å². The number of carboxylic acids is 1. The van der Waals surface area contributed by atoms with E-state index in [1.54, 1.807) is 13.3 Å². The van der Waals surface area contributed by atoms with Crippen molar-refractivity contribution in [1.82, 2.24) is 4.98 Å². The number of hydrogen-bond donors (Lipinski definition) is 1. The summed E-state index contributed by atoms with van der Waals surface area (Å²) in [6, 6.07) is 3.74. The van der Waals surface area contributed by atoms with Crippen molar-refractivity contribution in [3.63, 3.8) is 0 Å². The number of aromatic nitrogens is 1. The second-order valence-electron chi connectivity index (χ2n) is 5.34. The Morgan fingerprint density at radius 1 is 1.58 bits per heavy atom. The average molecular weight is 264 g/mol. The molecule has 104 valence electrons. The molecule has 0 aliphatic carbocycles. The van der Waals surface area contributed by atoms with Gasteiger partial charge in [-0.3, -0.25) is 4.79 Å². The van der Waals surface area contributed by atoms with Crippen LogP contribution in [0.15, 0.2) is 18.3 Å². The fourth-order valence-electron chi connectivity index (χ4n) is 2.65. The molecule has 5 heteroatoms. The smallest absolute Gasteiger partial charge is 0.311 e. The van der Waals surface area contributed by atoms with Gasteiger partial charge in [-0.1, -0.05) is 13.8 Å². The number of nitrogens with zero attached hydrogens (tertiary/aromatic N) is 2. The van der Waals surface area contributed by atoms with E-state index < -0.39 is 11.4 Å². The summed E-state index contributed by atoms with van der Waals surface area (Å²) in [6.45, 7) is 5.24. The molecule has 1 unspecified atom stereocenters. The summed E-state index contributed by atoms with van der Waals surface area (Å²) in [5.74, 6) is -0.0420. The van der Waals surface area contributed by atoms with Crippen molar-refractivity contribution in [1.29, 1.82) is 0 Å². The van der Waals surface area contributed by atoms with Crippen LogP contribution in [0.2, 0.25) is 0 Å². The van der Waals surface area contributed by atoms with E-state index in [9.17, 15) is 9.90 Å². The summed E-state index contributed by atoms with van der Waals surface area (Å²) in [5.41, 5.74) is 0.312. The molecule has 1 saturated heterocycles. The molecule has 1 aromatic rings. The Hall–Kier alpha value is -1.78. The van der Waals surface area contributed by atoms with Crippen LogP contribution in [0.3, 0.4) is 0 Å². The highest BCUT2D eigenvalue weighted by Gasteiger charge is 2.47. The Balaban J connectivity index is 2.23. The molecule has 5 nitrogen and oxygen atoms in total. The quantitative estimate of drug-likeness (QED) is 0.901. The summed E-state index contributed by atoms with van der Waals surface area (Å²) < 4.78 is 5.11. The zero-order valence-electron chi connectivity index (χ0n) is 11.6. The molecule has 19 heavy (non-hydrogen) atoms. The third kappa shape index (κ3) is 2.37. The molecule has 0 aromatic carbocycles. The van der Waals surface area contributed by atoms with E-state index in [-0.39, 0.29) is 5.92 Å². The molecule has 0 amide bonds. The van der Waals surface area contributed by atoms with Gasteiger partial charge in [-0.15, -0.1) is 0 Å². The topological polar surface area (TPSA) is 62.7 Å². The number of hydrogen-bond acceptors (Lipinski definition) is 4. The molecule has 1 N–H and O–H groups in total. The van der Waals surface area contributed by atoms with Gasteiger partial charge in [0, 0.05) is 31.0 Å². The molecular formula is C14H20N2O3. The predicted molar refractivity (Wildman–Crippen MR) is 72.5 cm³/mol. The van der Waals surface area contributed by atoms with E-state index in [0.29, 0.717) is 18.8 Å². The molecule has 2 heterocycles. The third-order valence-corrected chi connectivity index (χ3v) is 4.12. The van der Waals surface area contributed by atoms with Crippen LogP contribution in [0.25, 0.3) is 0 Å². The molecule has 1 aliphatic heterocycles. The van der Waals surface area contributed by atoms with Gasteiger partial charge >= 0.3 is 5.97 Å². The Morgan fingerprint density at radius 3 is 2.84 bits per heavy atom. The molecule has 0 radical (unpaired) electrons. The molecule has 1 fully saturated rings.